The highest BCUT2D eigenvalue weighted by Gasteiger charge is 2.52. The topological polar surface area (TPSA) is 133 Å². The Hall–Kier alpha value is -2.95. The van der Waals surface area contributed by atoms with Gasteiger partial charge in [-0.25, -0.2) is 4.79 Å². The number of amides is 1. The number of hydrogen-bond acceptors (Lipinski definition) is 9. The van der Waals surface area contributed by atoms with Crippen LogP contribution in [0.3, 0.4) is 0 Å². The summed E-state index contributed by atoms with van der Waals surface area (Å²) in [4.78, 5) is 37.6. The molecule has 1 amide bonds. The van der Waals surface area contributed by atoms with Crippen LogP contribution in [0.15, 0.2) is 48.1 Å². The van der Waals surface area contributed by atoms with Gasteiger partial charge in [-0.15, -0.1) is 0 Å². The number of epoxide rings is 1. The molecule has 0 aromatic rings. The molecule has 10 atom stereocenters. The Morgan fingerprint density at radius 1 is 1.12 bits per heavy atom. The molecule has 2 aliphatic heterocycles. The van der Waals surface area contributed by atoms with E-state index in [0.717, 1.165) is 37.7 Å². The molecule has 1 saturated carbocycles. The van der Waals surface area contributed by atoms with Crippen molar-refractivity contribution in [3.63, 3.8) is 0 Å². The van der Waals surface area contributed by atoms with E-state index in [0.29, 0.717) is 18.4 Å². The van der Waals surface area contributed by atoms with E-state index in [9.17, 15) is 19.5 Å². The lowest BCUT2D eigenvalue weighted by molar-refractivity contribution is -0.151. The third-order valence-corrected chi connectivity index (χ3v) is 9.83. The quantitative estimate of drug-likeness (QED) is 0.0781. The van der Waals surface area contributed by atoms with Gasteiger partial charge < -0.3 is 34.1 Å². The highest BCUT2D eigenvalue weighted by atomic mass is 16.6. The van der Waals surface area contributed by atoms with Crippen LogP contribution in [0.25, 0.3) is 0 Å². The van der Waals surface area contributed by atoms with Crippen molar-refractivity contribution in [1.82, 2.24) is 5.32 Å². The van der Waals surface area contributed by atoms with Crippen LogP contribution in [0.5, 0.6) is 0 Å². The van der Waals surface area contributed by atoms with Crippen molar-refractivity contribution in [2.45, 2.75) is 148 Å². The highest BCUT2D eigenvalue weighted by molar-refractivity contribution is 5.70. The van der Waals surface area contributed by atoms with Crippen LogP contribution in [0.2, 0.25) is 0 Å². The molecule has 1 saturated heterocycles. The van der Waals surface area contributed by atoms with Gasteiger partial charge in [-0.1, -0.05) is 77.8 Å². The van der Waals surface area contributed by atoms with E-state index in [1.54, 1.807) is 13.2 Å². The molecule has 3 aliphatic rings. The molecule has 0 bridgehead atoms. The van der Waals surface area contributed by atoms with Crippen LogP contribution < -0.4 is 5.32 Å². The number of allylic oxidation sites excluding steroid dienone is 2. The first-order valence-electron chi connectivity index (χ1n) is 17.8. The minimum Gasteiger partial charge on any atom is -0.457 e. The maximum Gasteiger partial charge on any atom is 0.407 e. The van der Waals surface area contributed by atoms with E-state index in [1.807, 2.05) is 45.1 Å². The van der Waals surface area contributed by atoms with Crippen molar-refractivity contribution >= 4 is 18.0 Å². The fraction of sp³-hybridized carbons (Fsp3) is 0.711. The predicted molar refractivity (Wildman–Crippen MR) is 184 cm³/mol. The smallest absolute Gasteiger partial charge is 0.407 e. The molecule has 10 nitrogen and oxygen atoms in total. The number of esters is 2. The first-order chi connectivity index (χ1) is 22.8. The zero-order valence-corrected chi connectivity index (χ0v) is 30.0. The van der Waals surface area contributed by atoms with Gasteiger partial charge >= 0.3 is 18.0 Å². The summed E-state index contributed by atoms with van der Waals surface area (Å²) in [5.74, 6) is -1.24. The Balaban J connectivity index is 1.79. The van der Waals surface area contributed by atoms with Gasteiger partial charge in [0.2, 0.25) is 0 Å². The van der Waals surface area contributed by atoms with Crippen LogP contribution in [-0.2, 0) is 33.3 Å². The van der Waals surface area contributed by atoms with Gasteiger partial charge in [0.1, 0.15) is 24.4 Å². The molecule has 0 spiro atoms. The number of aliphatic hydroxyl groups is 1. The molecule has 3 rings (SSSR count). The second kappa shape index (κ2) is 19.3. The monoisotopic (exact) mass is 673 g/mol. The van der Waals surface area contributed by atoms with Crippen molar-refractivity contribution in [3.05, 3.63) is 48.1 Å². The number of methoxy groups -OCH3 is 1. The summed E-state index contributed by atoms with van der Waals surface area (Å²) in [5.41, 5.74) is 1.43. The van der Waals surface area contributed by atoms with Crippen LogP contribution in [-0.4, -0.2) is 79.0 Å². The van der Waals surface area contributed by atoms with Crippen molar-refractivity contribution < 1.29 is 43.2 Å². The van der Waals surface area contributed by atoms with Crippen molar-refractivity contribution in [2.24, 2.45) is 17.8 Å². The van der Waals surface area contributed by atoms with Crippen LogP contribution >= 0.6 is 0 Å². The fourth-order valence-electron chi connectivity index (χ4n) is 6.83. The van der Waals surface area contributed by atoms with Gasteiger partial charge in [-0.3, -0.25) is 9.59 Å². The van der Waals surface area contributed by atoms with E-state index in [1.165, 1.54) is 13.3 Å². The third-order valence-electron chi connectivity index (χ3n) is 9.83. The van der Waals surface area contributed by atoms with E-state index in [-0.39, 0.29) is 48.5 Å². The first kappa shape index (κ1) is 39.5. The van der Waals surface area contributed by atoms with E-state index in [4.69, 9.17) is 23.7 Å². The number of cyclic esters (lactones) is 1. The second-order valence-electron chi connectivity index (χ2n) is 13.9. The predicted octanol–water partition coefficient (Wildman–Crippen LogP) is 6.52. The van der Waals surface area contributed by atoms with Crippen molar-refractivity contribution in [1.29, 1.82) is 0 Å². The normalized spacial score (nSPS) is 31.0. The number of carbonyl (C=O) groups is 3. The third kappa shape index (κ3) is 12.2. The zero-order chi connectivity index (χ0) is 35.4. The lowest BCUT2D eigenvalue weighted by Crippen LogP contribution is -2.41. The lowest BCUT2D eigenvalue weighted by Gasteiger charge is -2.26. The largest absolute Gasteiger partial charge is 0.457 e. The Labute approximate surface area is 287 Å². The van der Waals surface area contributed by atoms with Crippen LogP contribution in [0.1, 0.15) is 99.3 Å². The van der Waals surface area contributed by atoms with E-state index in [2.05, 4.69) is 25.7 Å². The summed E-state index contributed by atoms with van der Waals surface area (Å²) in [6.07, 6.45) is 12.7. The van der Waals surface area contributed by atoms with Gasteiger partial charge in [0.05, 0.1) is 24.7 Å². The second-order valence-corrected chi connectivity index (χ2v) is 13.9. The average molecular weight is 674 g/mol. The number of rotatable bonds is 12. The maximum absolute atomic E-state index is 13.1. The van der Waals surface area contributed by atoms with Gasteiger partial charge in [0, 0.05) is 37.8 Å². The van der Waals surface area contributed by atoms with Gasteiger partial charge in [-0.2, -0.15) is 0 Å². The molecule has 0 aromatic heterocycles. The number of carbonyl (C=O) groups excluding carboxylic acids is 3. The molecule has 0 aromatic carbocycles. The molecular weight excluding hydrogens is 614 g/mol. The molecule has 2 N–H and O–H groups in total. The molecule has 10 unspecified atom stereocenters. The number of aliphatic hydroxyl groups excluding tert-OH is 1. The Morgan fingerprint density at radius 2 is 1.83 bits per heavy atom. The Bertz CT molecular complexity index is 1170. The lowest BCUT2D eigenvalue weighted by atomic mass is 9.91. The molecule has 10 heteroatoms. The average Bonchev–Trinajstić information content (AvgIpc) is 3.84. The van der Waals surface area contributed by atoms with E-state index >= 15 is 0 Å². The summed E-state index contributed by atoms with van der Waals surface area (Å²) >= 11 is 0. The summed E-state index contributed by atoms with van der Waals surface area (Å²) < 4.78 is 29.2. The minimum atomic E-state index is -0.906. The molecule has 1 aliphatic carbocycles. The van der Waals surface area contributed by atoms with Crippen molar-refractivity contribution in [3.8, 4) is 0 Å². The highest BCUT2D eigenvalue weighted by Crippen LogP contribution is 2.39. The molecule has 2 heterocycles. The molecule has 270 valence electrons. The zero-order valence-electron chi connectivity index (χ0n) is 30.0. The number of nitrogens with one attached hydrogen (secondary N) is 1. The molecule has 2 fully saturated rings. The first-order valence-corrected chi connectivity index (χ1v) is 17.8. The molecule has 0 radical (unpaired) electrons. The fourth-order valence-corrected chi connectivity index (χ4v) is 6.83. The number of alkyl carbamates (subject to hydrolysis) is 1. The van der Waals surface area contributed by atoms with E-state index < -0.39 is 42.4 Å². The SMILES string of the molecule is C=C1CCC(O)CC(=O)OC(/C(C)=C/C=C/C(C)C(OC(=O)NC2CCCCC2)C2OC2C(C)C(CC)OC)C(C)/C=C/C1OC(C)=O. The van der Waals surface area contributed by atoms with Gasteiger partial charge in [0.25, 0.3) is 0 Å². The molecule has 48 heavy (non-hydrogen) atoms. The number of hydrogen-bond donors (Lipinski definition) is 2. The summed E-state index contributed by atoms with van der Waals surface area (Å²) in [6.45, 7) is 15.4. The van der Waals surface area contributed by atoms with Gasteiger partial charge in [-0.05, 0) is 56.3 Å². The number of ether oxygens (including phenoxy) is 5. The minimum absolute atomic E-state index is 0.0429. The van der Waals surface area contributed by atoms with Crippen molar-refractivity contribution in [2.75, 3.05) is 7.11 Å². The summed E-state index contributed by atoms with van der Waals surface area (Å²) in [5, 5.41) is 13.5. The van der Waals surface area contributed by atoms with Gasteiger partial charge in [0.15, 0.2) is 0 Å². The Morgan fingerprint density at radius 3 is 2.48 bits per heavy atom. The van der Waals surface area contributed by atoms with Crippen LogP contribution in [0, 0.1) is 17.8 Å². The summed E-state index contributed by atoms with van der Waals surface area (Å²) in [6, 6.07) is 0.129. The standard InChI is InChI=1S/C38H59NO9/c1-9-31(44-8)27(6)36-37(47-36)35(48-38(43)39-29-16-11-10-12-17-29)25(4)15-13-14-24(3)34-26(5)19-21-32(45-28(7)40)23(2)18-20-30(41)22-33(42)46-34/h13-15,19,21,25-27,29-32,34-37,41H,2,9-12,16-18,20,22H2,1,3-8H3,(H,39,43)/b15-13+,21-19+,24-14+. The maximum atomic E-state index is 13.1. The summed E-state index contributed by atoms with van der Waals surface area (Å²) in [7, 11) is 1.71. The molecular formula is C38H59NO9. The Kier molecular flexibility index (Phi) is 15.9. The van der Waals surface area contributed by atoms with Crippen LogP contribution in [0.4, 0.5) is 4.79 Å².